The first-order valence-electron chi connectivity index (χ1n) is 8.99. The maximum atomic E-state index is 5.39. The van der Waals surface area contributed by atoms with Gasteiger partial charge in [0.25, 0.3) is 0 Å². The molecule has 1 heterocycles. The lowest BCUT2D eigenvalue weighted by Gasteiger charge is -2.43. The van der Waals surface area contributed by atoms with Crippen LogP contribution in [0.2, 0.25) is 0 Å². The highest BCUT2D eigenvalue weighted by Crippen LogP contribution is 2.48. The molecule has 1 aromatic carbocycles. The van der Waals surface area contributed by atoms with Crippen molar-refractivity contribution in [2.75, 3.05) is 5.75 Å². The van der Waals surface area contributed by atoms with E-state index in [1.54, 1.807) is 0 Å². The minimum Gasteiger partial charge on any atom is -0.264 e. The molecule has 1 saturated carbocycles. The predicted molar refractivity (Wildman–Crippen MR) is 120 cm³/mol. The van der Waals surface area contributed by atoms with Gasteiger partial charge in [-0.15, -0.1) is 11.8 Å². The van der Waals surface area contributed by atoms with Gasteiger partial charge in [0.1, 0.15) is 0 Å². The zero-order valence-corrected chi connectivity index (χ0v) is 17.2. The normalized spacial score (nSPS) is 21.7. The summed E-state index contributed by atoms with van der Waals surface area (Å²) in [7, 11) is 0. The first-order valence-corrected chi connectivity index (χ1v) is 10.9. The molecule has 1 atom stereocenters. The summed E-state index contributed by atoms with van der Waals surface area (Å²) >= 11 is 12.7. The lowest BCUT2D eigenvalue weighted by atomic mass is 9.60. The summed E-state index contributed by atoms with van der Waals surface area (Å²) in [6, 6.07) is 14.8. The van der Waals surface area contributed by atoms with Gasteiger partial charge in [0.2, 0.25) is 0 Å². The first kappa shape index (κ1) is 19.4. The van der Waals surface area contributed by atoms with Crippen LogP contribution >= 0.6 is 36.2 Å². The van der Waals surface area contributed by atoms with Gasteiger partial charge in [0.05, 0.1) is 0 Å². The third-order valence-electron chi connectivity index (χ3n) is 5.20. The molecule has 0 bridgehead atoms. The second-order valence-electron chi connectivity index (χ2n) is 6.57. The molecule has 0 aliphatic heterocycles. The monoisotopic (exact) mass is 397 g/mol. The van der Waals surface area contributed by atoms with Gasteiger partial charge in [0, 0.05) is 34.4 Å². The van der Waals surface area contributed by atoms with Crippen molar-refractivity contribution in [1.82, 2.24) is 4.98 Å². The van der Waals surface area contributed by atoms with Crippen LogP contribution in [0, 0.1) is 5.92 Å². The lowest BCUT2D eigenvalue weighted by molar-refractivity contribution is 0.365. The van der Waals surface area contributed by atoms with Crippen molar-refractivity contribution in [3.8, 4) is 0 Å². The van der Waals surface area contributed by atoms with Crippen molar-refractivity contribution in [1.29, 1.82) is 0 Å². The summed E-state index contributed by atoms with van der Waals surface area (Å²) < 4.78 is 0. The fraction of sp³-hybridized carbons (Fsp3) is 0.318. The van der Waals surface area contributed by atoms with Crippen molar-refractivity contribution in [2.45, 2.75) is 36.0 Å². The minimum absolute atomic E-state index is 0.0741. The van der Waals surface area contributed by atoms with E-state index < -0.39 is 0 Å². The highest BCUT2D eigenvalue weighted by molar-refractivity contribution is 7.99. The standard InChI is InChI=1S/C22H23NS3/c24-16-20(17-25)22(19-8-6-13-23-15-19)12-5-4-7-18(22)11-14-26-21-9-2-1-3-10-21/h1-3,6,8-11,13,15-17,20H,4-5,7,12,14H2. The van der Waals surface area contributed by atoms with Crippen LogP contribution in [-0.2, 0) is 5.41 Å². The molecule has 0 radical (unpaired) electrons. The number of rotatable bonds is 7. The number of benzene rings is 1. The molecule has 4 heteroatoms. The van der Waals surface area contributed by atoms with E-state index in [9.17, 15) is 0 Å². The molecule has 134 valence electrons. The smallest absolute Gasteiger partial charge is 0.0309 e. The zero-order valence-electron chi connectivity index (χ0n) is 14.7. The lowest BCUT2D eigenvalue weighted by Crippen LogP contribution is -2.41. The van der Waals surface area contributed by atoms with Gasteiger partial charge in [-0.05, 0) is 53.8 Å². The Kier molecular flexibility index (Phi) is 7.12. The van der Waals surface area contributed by atoms with Gasteiger partial charge >= 0.3 is 0 Å². The van der Waals surface area contributed by atoms with Crippen molar-refractivity contribution >= 4 is 46.9 Å². The maximum absolute atomic E-state index is 5.39. The van der Waals surface area contributed by atoms with E-state index in [1.807, 2.05) is 41.0 Å². The van der Waals surface area contributed by atoms with E-state index in [0.717, 1.165) is 18.6 Å². The van der Waals surface area contributed by atoms with Crippen molar-refractivity contribution in [3.63, 3.8) is 0 Å². The highest BCUT2D eigenvalue weighted by Gasteiger charge is 2.43. The minimum atomic E-state index is -0.132. The summed E-state index contributed by atoms with van der Waals surface area (Å²) in [6.07, 6.45) is 10.8. The number of thioether (sulfide) groups is 1. The third-order valence-corrected chi connectivity index (χ3v) is 6.73. The Morgan fingerprint density at radius 1 is 1.08 bits per heavy atom. The maximum Gasteiger partial charge on any atom is 0.0309 e. The molecule has 0 N–H and O–H groups in total. The molecule has 1 aliphatic carbocycles. The van der Waals surface area contributed by atoms with Crippen LogP contribution in [0.1, 0.15) is 31.2 Å². The third kappa shape index (κ3) is 4.13. The fourth-order valence-corrected chi connectivity index (χ4v) is 5.48. The second kappa shape index (κ2) is 9.54. The van der Waals surface area contributed by atoms with Gasteiger partial charge in [0.15, 0.2) is 0 Å². The average Bonchev–Trinajstić information content (AvgIpc) is 2.71. The van der Waals surface area contributed by atoms with E-state index >= 15 is 0 Å². The number of hydrogen-bond donors (Lipinski definition) is 0. The van der Waals surface area contributed by atoms with Crippen LogP contribution < -0.4 is 0 Å². The van der Waals surface area contributed by atoms with Crippen LogP contribution in [0.4, 0.5) is 0 Å². The Morgan fingerprint density at radius 3 is 2.58 bits per heavy atom. The van der Waals surface area contributed by atoms with Crippen LogP contribution in [0.15, 0.2) is 71.4 Å². The van der Waals surface area contributed by atoms with Gasteiger partial charge < -0.3 is 0 Å². The van der Waals surface area contributed by atoms with Crippen molar-refractivity contribution < 1.29 is 0 Å². The summed E-state index contributed by atoms with van der Waals surface area (Å²) in [5.74, 6) is 1.04. The van der Waals surface area contributed by atoms with E-state index in [1.165, 1.54) is 28.9 Å². The van der Waals surface area contributed by atoms with Gasteiger partial charge in [-0.2, -0.15) is 0 Å². The average molecular weight is 398 g/mol. The van der Waals surface area contributed by atoms with E-state index in [4.69, 9.17) is 24.4 Å². The number of nitrogens with zero attached hydrogens (tertiary/aromatic N) is 1. The Labute approximate surface area is 171 Å². The van der Waals surface area contributed by atoms with Crippen molar-refractivity contribution in [3.05, 3.63) is 72.1 Å². The summed E-state index contributed by atoms with van der Waals surface area (Å²) in [6.45, 7) is 0. The summed E-state index contributed by atoms with van der Waals surface area (Å²) in [5, 5.41) is 3.70. The zero-order chi connectivity index (χ0) is 18.2. The summed E-state index contributed by atoms with van der Waals surface area (Å²) in [5.41, 5.74) is 2.57. The van der Waals surface area contributed by atoms with Crippen LogP contribution in [0.5, 0.6) is 0 Å². The van der Waals surface area contributed by atoms with Crippen LogP contribution in [-0.4, -0.2) is 21.5 Å². The molecule has 26 heavy (non-hydrogen) atoms. The van der Waals surface area contributed by atoms with Gasteiger partial charge in [-0.25, -0.2) is 0 Å². The first-order chi connectivity index (χ1) is 12.8. The Balaban J connectivity index is 1.95. The molecule has 1 nitrogen and oxygen atoms in total. The number of pyridine rings is 1. The van der Waals surface area contributed by atoms with Crippen LogP contribution in [0.25, 0.3) is 0 Å². The molecule has 1 aromatic heterocycles. The molecular formula is C22H23NS3. The van der Waals surface area contributed by atoms with Gasteiger partial charge in [-0.3, -0.25) is 4.98 Å². The highest BCUT2D eigenvalue weighted by atomic mass is 32.2. The summed E-state index contributed by atoms with van der Waals surface area (Å²) in [4.78, 5) is 5.69. The van der Waals surface area contributed by atoms with Crippen molar-refractivity contribution in [2.24, 2.45) is 5.92 Å². The fourth-order valence-electron chi connectivity index (χ4n) is 3.94. The molecule has 1 unspecified atom stereocenters. The molecule has 3 rings (SSSR count). The quantitative estimate of drug-likeness (QED) is 0.312. The Bertz CT molecular complexity index is 749. The van der Waals surface area contributed by atoms with E-state index in [-0.39, 0.29) is 11.3 Å². The topological polar surface area (TPSA) is 12.9 Å². The van der Waals surface area contributed by atoms with E-state index in [0.29, 0.717) is 0 Å². The Hall–Kier alpha value is -1.36. The van der Waals surface area contributed by atoms with Gasteiger partial charge in [-0.1, -0.05) is 66.8 Å². The molecule has 0 amide bonds. The number of allylic oxidation sites excluding steroid dienone is 1. The molecule has 1 aliphatic rings. The number of hydrogen-bond acceptors (Lipinski definition) is 4. The SMILES string of the molecule is S=CC(C=S)C1(c2cccnc2)CCCCC1=CCSc1ccccc1. The second-order valence-corrected chi connectivity index (χ2v) is 8.21. The number of aromatic nitrogens is 1. The molecule has 0 saturated heterocycles. The van der Waals surface area contributed by atoms with Crippen LogP contribution in [0.3, 0.4) is 0 Å². The molecule has 2 aromatic rings. The Morgan fingerprint density at radius 2 is 1.88 bits per heavy atom. The largest absolute Gasteiger partial charge is 0.264 e. The predicted octanol–water partition coefficient (Wildman–Crippen LogP) is 6.23. The molecule has 1 fully saturated rings. The molecular weight excluding hydrogens is 374 g/mol. The molecule has 0 spiro atoms. The van der Waals surface area contributed by atoms with E-state index in [2.05, 4.69) is 47.5 Å². The number of thiocarbonyl (C=S) groups is 2.